The van der Waals surface area contributed by atoms with Gasteiger partial charge < -0.3 is 9.84 Å². The summed E-state index contributed by atoms with van der Waals surface area (Å²) >= 11 is 0. The Morgan fingerprint density at radius 1 is 1.25 bits per heavy atom. The summed E-state index contributed by atoms with van der Waals surface area (Å²) in [5, 5.41) is 10.2. The number of hydrogen-bond acceptors (Lipinski definition) is 4. The molecule has 0 saturated heterocycles. The van der Waals surface area contributed by atoms with Crippen molar-refractivity contribution in [2.75, 3.05) is 0 Å². The zero-order chi connectivity index (χ0) is 17.4. The van der Waals surface area contributed by atoms with E-state index in [4.69, 9.17) is 4.74 Å². The van der Waals surface area contributed by atoms with E-state index in [1.807, 2.05) is 36.5 Å². The first-order chi connectivity index (χ1) is 11.6. The maximum atomic E-state index is 12.1. The van der Waals surface area contributed by atoms with E-state index in [9.17, 15) is 14.7 Å². The maximum Gasteiger partial charge on any atom is 0.306 e. The average molecular weight is 332 g/mol. The molecule has 1 N–H and O–H groups in total. The highest BCUT2D eigenvalue weighted by Gasteiger charge is 2.39. The number of aliphatic hydroxyl groups is 1. The third-order valence-corrected chi connectivity index (χ3v) is 4.64. The molecule has 2 rings (SSSR count). The van der Waals surface area contributed by atoms with E-state index in [0.717, 1.165) is 19.3 Å². The first kappa shape index (κ1) is 18.7. The molecule has 4 heteroatoms. The lowest BCUT2D eigenvalue weighted by atomic mass is 9.90. The van der Waals surface area contributed by atoms with Gasteiger partial charge in [0.05, 0.1) is 6.10 Å². The van der Waals surface area contributed by atoms with Crippen molar-refractivity contribution >= 4 is 11.8 Å². The molecule has 1 heterocycles. The summed E-state index contributed by atoms with van der Waals surface area (Å²) in [4.78, 5) is 24.1. The summed E-state index contributed by atoms with van der Waals surface area (Å²) in [5.74, 6) is -0.437. The zero-order valence-electron chi connectivity index (χ0n) is 14.4. The van der Waals surface area contributed by atoms with Gasteiger partial charge in [-0.25, -0.2) is 0 Å². The number of hydrogen-bond donors (Lipinski definition) is 1. The van der Waals surface area contributed by atoms with Gasteiger partial charge in [0.15, 0.2) is 0 Å². The van der Waals surface area contributed by atoms with Gasteiger partial charge >= 0.3 is 5.97 Å². The van der Waals surface area contributed by atoms with Crippen molar-refractivity contribution in [2.45, 2.75) is 64.1 Å². The topological polar surface area (TPSA) is 63.6 Å². The molecule has 0 radical (unpaired) electrons. The minimum atomic E-state index is -0.639. The number of ketones is 1. The molecule has 0 bridgehead atoms. The van der Waals surface area contributed by atoms with Crippen LogP contribution in [0.25, 0.3) is 0 Å². The summed E-state index contributed by atoms with van der Waals surface area (Å²) in [5.41, 5.74) is 0. The molecular formula is C20H28O4. The van der Waals surface area contributed by atoms with Gasteiger partial charge in [0.2, 0.25) is 0 Å². The highest BCUT2D eigenvalue weighted by molar-refractivity contribution is 5.84. The summed E-state index contributed by atoms with van der Waals surface area (Å²) in [6, 6.07) is 0. The Kier molecular flexibility index (Phi) is 7.44. The van der Waals surface area contributed by atoms with Gasteiger partial charge in [-0.05, 0) is 31.8 Å². The highest BCUT2D eigenvalue weighted by atomic mass is 16.5. The molecule has 0 amide bonds. The van der Waals surface area contributed by atoms with Crippen LogP contribution in [0, 0.1) is 11.8 Å². The fourth-order valence-corrected chi connectivity index (χ4v) is 3.30. The maximum absolute atomic E-state index is 12.1. The number of fused-ring (bicyclic) bond motifs is 1. The lowest BCUT2D eigenvalue weighted by Gasteiger charge is -2.18. The van der Waals surface area contributed by atoms with E-state index in [-0.39, 0.29) is 36.1 Å². The second-order valence-corrected chi connectivity index (χ2v) is 6.55. The largest absolute Gasteiger partial charge is 0.458 e. The van der Waals surface area contributed by atoms with Gasteiger partial charge in [-0.1, -0.05) is 37.3 Å². The van der Waals surface area contributed by atoms with Crippen molar-refractivity contribution in [3.63, 3.8) is 0 Å². The van der Waals surface area contributed by atoms with E-state index in [2.05, 4.69) is 6.92 Å². The quantitative estimate of drug-likeness (QED) is 0.634. The van der Waals surface area contributed by atoms with Crippen LogP contribution in [-0.2, 0) is 14.3 Å². The molecular weight excluding hydrogens is 304 g/mol. The summed E-state index contributed by atoms with van der Waals surface area (Å²) in [6.07, 6.45) is 15.2. The Labute approximate surface area is 144 Å². The molecule has 4 nitrogen and oxygen atoms in total. The first-order valence-corrected chi connectivity index (χ1v) is 9.00. The lowest BCUT2D eigenvalue weighted by Crippen LogP contribution is -2.20. The number of esters is 1. The molecule has 0 aromatic rings. The van der Waals surface area contributed by atoms with Crippen molar-refractivity contribution in [3.05, 3.63) is 36.5 Å². The Morgan fingerprint density at radius 3 is 2.88 bits per heavy atom. The van der Waals surface area contributed by atoms with Gasteiger partial charge in [-0.15, -0.1) is 0 Å². The van der Waals surface area contributed by atoms with Crippen LogP contribution in [0.1, 0.15) is 51.9 Å². The molecule has 0 aromatic heterocycles. The molecule has 1 aliphatic heterocycles. The van der Waals surface area contributed by atoms with E-state index < -0.39 is 6.10 Å². The molecule has 1 saturated carbocycles. The Balaban J connectivity index is 2.16. The van der Waals surface area contributed by atoms with E-state index in [0.29, 0.717) is 19.3 Å². The van der Waals surface area contributed by atoms with Crippen LogP contribution < -0.4 is 0 Å². The number of cyclic esters (lactones) is 1. The number of carbonyl (C=O) groups is 2. The van der Waals surface area contributed by atoms with Gasteiger partial charge in [0.25, 0.3) is 0 Å². The van der Waals surface area contributed by atoms with Crippen molar-refractivity contribution in [1.82, 2.24) is 0 Å². The molecule has 132 valence electrons. The second kappa shape index (κ2) is 9.58. The smallest absolute Gasteiger partial charge is 0.306 e. The molecule has 4 atom stereocenters. The standard InChI is InChI=1S/C20H28O4/c1-2-3-6-9-15-12-13-17-16(18(21)14-19(17)22)10-7-4-5-8-11-20(23)24-15/h3-4,6-7,12-13,15-17,19,22H,2,5,8-11,14H2,1H3/b6-3-,7-4-,13-12+/t15-,16+,17?,19+/m0/s1. The van der Waals surface area contributed by atoms with Gasteiger partial charge in [-0.3, -0.25) is 9.59 Å². The molecule has 1 aliphatic carbocycles. The number of allylic oxidation sites excluding steroid dienone is 3. The van der Waals surface area contributed by atoms with Crippen molar-refractivity contribution < 1.29 is 19.4 Å². The van der Waals surface area contributed by atoms with Gasteiger partial charge in [-0.2, -0.15) is 0 Å². The third kappa shape index (κ3) is 5.45. The summed E-state index contributed by atoms with van der Waals surface area (Å²) < 4.78 is 5.55. The van der Waals surface area contributed by atoms with Crippen LogP contribution in [0.15, 0.2) is 36.5 Å². The van der Waals surface area contributed by atoms with Gasteiger partial charge in [0, 0.05) is 31.1 Å². The number of rotatable bonds is 3. The fourth-order valence-electron chi connectivity index (χ4n) is 3.30. The minimum Gasteiger partial charge on any atom is -0.458 e. The Hall–Kier alpha value is -1.68. The Morgan fingerprint density at radius 2 is 2.08 bits per heavy atom. The van der Waals surface area contributed by atoms with E-state index >= 15 is 0 Å². The Bertz CT molecular complexity index is 518. The number of Topliss-reactive ketones (excluding diaryl/α,β-unsaturated/α-hetero) is 1. The molecule has 1 unspecified atom stereocenters. The SMILES string of the molecule is CC/C=C\C[C@H]1/C=C/C2[C@H](O)CC(=O)[C@@H]2C/C=C\CCCC(=O)O1. The van der Waals surface area contributed by atoms with Crippen LogP contribution in [0.3, 0.4) is 0 Å². The van der Waals surface area contributed by atoms with Crippen LogP contribution in [0.5, 0.6) is 0 Å². The number of carbonyl (C=O) groups excluding carboxylic acids is 2. The molecule has 2 aliphatic rings. The zero-order valence-corrected chi connectivity index (χ0v) is 14.4. The minimum absolute atomic E-state index is 0.121. The summed E-state index contributed by atoms with van der Waals surface area (Å²) in [6.45, 7) is 2.06. The molecule has 1 fully saturated rings. The highest BCUT2D eigenvalue weighted by Crippen LogP contribution is 2.33. The lowest BCUT2D eigenvalue weighted by molar-refractivity contribution is -0.146. The summed E-state index contributed by atoms with van der Waals surface area (Å²) in [7, 11) is 0. The molecule has 24 heavy (non-hydrogen) atoms. The van der Waals surface area contributed by atoms with E-state index in [1.165, 1.54) is 0 Å². The van der Waals surface area contributed by atoms with Crippen LogP contribution in [-0.4, -0.2) is 29.1 Å². The predicted octanol–water partition coefficient (Wildman–Crippen LogP) is 3.51. The molecule has 0 spiro atoms. The van der Waals surface area contributed by atoms with Crippen LogP contribution in [0.2, 0.25) is 0 Å². The average Bonchev–Trinajstić information content (AvgIpc) is 2.81. The van der Waals surface area contributed by atoms with Crippen molar-refractivity contribution in [1.29, 1.82) is 0 Å². The van der Waals surface area contributed by atoms with Crippen LogP contribution in [0.4, 0.5) is 0 Å². The second-order valence-electron chi connectivity index (χ2n) is 6.55. The van der Waals surface area contributed by atoms with Crippen molar-refractivity contribution in [2.24, 2.45) is 11.8 Å². The normalized spacial score (nSPS) is 34.8. The fraction of sp³-hybridized carbons (Fsp3) is 0.600. The predicted molar refractivity (Wildman–Crippen MR) is 93.3 cm³/mol. The number of aliphatic hydroxyl groups excluding tert-OH is 1. The monoisotopic (exact) mass is 332 g/mol. The van der Waals surface area contributed by atoms with Crippen molar-refractivity contribution in [3.8, 4) is 0 Å². The third-order valence-electron chi connectivity index (χ3n) is 4.64. The first-order valence-electron chi connectivity index (χ1n) is 9.00. The van der Waals surface area contributed by atoms with Crippen LogP contribution >= 0.6 is 0 Å². The number of ether oxygens (including phenoxy) is 1. The molecule has 0 aromatic carbocycles. The van der Waals surface area contributed by atoms with E-state index in [1.54, 1.807) is 0 Å². The van der Waals surface area contributed by atoms with Gasteiger partial charge in [0.1, 0.15) is 11.9 Å².